The number of carbonyl (C=O) groups excluding carboxylic acids is 1. The summed E-state index contributed by atoms with van der Waals surface area (Å²) in [6.45, 7) is 6.66. The summed E-state index contributed by atoms with van der Waals surface area (Å²) in [7, 11) is -1.02. The number of pyridine rings is 2. The van der Waals surface area contributed by atoms with E-state index in [2.05, 4.69) is 15.3 Å². The average molecular weight is 586 g/mol. The fourth-order valence-corrected chi connectivity index (χ4v) is 5.68. The minimum atomic E-state index is -1.02. The van der Waals surface area contributed by atoms with Crippen molar-refractivity contribution in [2.75, 3.05) is 27.8 Å². The van der Waals surface area contributed by atoms with E-state index in [1.807, 2.05) is 55.4 Å². The molecule has 0 aliphatic carbocycles. The van der Waals surface area contributed by atoms with Gasteiger partial charge in [-0.2, -0.15) is 0 Å². The molecule has 0 bridgehead atoms. The molecule has 9 heteroatoms. The zero-order valence-corrected chi connectivity index (χ0v) is 24.8. The minimum Gasteiger partial charge on any atom is -0.322 e. The Morgan fingerprint density at radius 2 is 1.74 bits per heavy atom. The van der Waals surface area contributed by atoms with E-state index in [9.17, 15) is 9.00 Å². The van der Waals surface area contributed by atoms with Crippen LogP contribution in [0.3, 0.4) is 0 Å². The van der Waals surface area contributed by atoms with Crippen molar-refractivity contribution in [2.45, 2.75) is 40.0 Å². The third-order valence-electron chi connectivity index (χ3n) is 5.89. The average Bonchev–Trinajstić information content (AvgIpc) is 3.19. The lowest BCUT2D eigenvalue weighted by molar-refractivity contribution is 0.102. The van der Waals surface area contributed by atoms with Gasteiger partial charge in [-0.15, -0.1) is 11.6 Å². The van der Waals surface area contributed by atoms with E-state index in [1.165, 1.54) is 0 Å². The summed E-state index contributed by atoms with van der Waals surface area (Å²) >= 11 is 11.5. The first-order valence-electron chi connectivity index (χ1n) is 13.1. The number of halogens is 2. The van der Waals surface area contributed by atoms with Crippen molar-refractivity contribution in [1.29, 1.82) is 0 Å². The Balaban J connectivity index is 0.000000787. The van der Waals surface area contributed by atoms with E-state index in [0.717, 1.165) is 53.7 Å². The molecule has 1 atom stereocenters. The SMILES string of the molecule is CC.CCCl.O=C(Nc1ccc(Cl)c(-c2nccc3ccncc23)c1)c1ccc(N2CCCCCS2=O)cc1. The molecule has 0 radical (unpaired) electrons. The van der Waals surface area contributed by atoms with Crippen molar-refractivity contribution in [1.82, 2.24) is 9.97 Å². The van der Waals surface area contributed by atoms with Crippen molar-refractivity contribution in [3.8, 4) is 11.3 Å². The summed E-state index contributed by atoms with van der Waals surface area (Å²) in [5.74, 6) is 1.17. The topological polar surface area (TPSA) is 75.2 Å². The Hall–Kier alpha value is -3.00. The molecule has 4 aromatic rings. The van der Waals surface area contributed by atoms with Crippen LogP contribution in [-0.2, 0) is 11.0 Å². The van der Waals surface area contributed by atoms with Gasteiger partial charge in [0.1, 0.15) is 11.0 Å². The van der Waals surface area contributed by atoms with E-state index in [4.69, 9.17) is 23.2 Å². The number of carbonyl (C=O) groups is 1. The molecule has 2 aromatic heterocycles. The highest BCUT2D eigenvalue weighted by atomic mass is 35.5. The molecule has 1 unspecified atom stereocenters. The quantitative estimate of drug-likeness (QED) is 0.246. The van der Waals surface area contributed by atoms with Crippen LogP contribution >= 0.6 is 23.2 Å². The van der Waals surface area contributed by atoms with E-state index < -0.39 is 11.0 Å². The molecule has 1 amide bonds. The first-order valence-corrected chi connectivity index (χ1v) is 15.3. The molecule has 1 saturated heterocycles. The predicted molar refractivity (Wildman–Crippen MR) is 166 cm³/mol. The number of rotatable bonds is 4. The summed E-state index contributed by atoms with van der Waals surface area (Å²) in [6, 6.07) is 16.4. The molecule has 1 aliphatic rings. The van der Waals surface area contributed by atoms with Crippen LogP contribution < -0.4 is 9.62 Å². The van der Waals surface area contributed by atoms with Gasteiger partial charge in [0.2, 0.25) is 0 Å². The van der Waals surface area contributed by atoms with Crippen LogP contribution in [0.5, 0.6) is 0 Å². The number of anilines is 2. The van der Waals surface area contributed by atoms with Gasteiger partial charge >= 0.3 is 0 Å². The largest absolute Gasteiger partial charge is 0.322 e. The van der Waals surface area contributed by atoms with Gasteiger partial charge in [0.25, 0.3) is 5.91 Å². The highest BCUT2D eigenvalue weighted by molar-refractivity contribution is 7.86. The van der Waals surface area contributed by atoms with E-state index >= 15 is 0 Å². The summed E-state index contributed by atoms with van der Waals surface area (Å²) in [6.07, 6.45) is 8.33. The van der Waals surface area contributed by atoms with Gasteiger partial charge in [-0.3, -0.25) is 19.1 Å². The summed E-state index contributed by atoms with van der Waals surface area (Å²) < 4.78 is 14.4. The van der Waals surface area contributed by atoms with Crippen LogP contribution in [0.1, 0.15) is 50.4 Å². The van der Waals surface area contributed by atoms with Crippen molar-refractivity contribution in [3.63, 3.8) is 0 Å². The van der Waals surface area contributed by atoms with Gasteiger partial charge in [0, 0.05) is 64.7 Å². The summed E-state index contributed by atoms with van der Waals surface area (Å²) in [4.78, 5) is 21.7. The molecule has 1 aliphatic heterocycles. The second-order valence-electron chi connectivity index (χ2n) is 8.41. The van der Waals surface area contributed by atoms with E-state index in [-0.39, 0.29) is 5.91 Å². The zero-order chi connectivity index (χ0) is 28.2. The molecule has 3 heterocycles. The van der Waals surface area contributed by atoms with Crippen LogP contribution in [0.2, 0.25) is 5.02 Å². The Kier molecular flexibility index (Phi) is 12.2. The van der Waals surface area contributed by atoms with Crippen molar-refractivity contribution >= 4 is 62.2 Å². The van der Waals surface area contributed by atoms with Crippen molar-refractivity contribution in [3.05, 3.63) is 83.8 Å². The lowest BCUT2D eigenvalue weighted by atomic mass is 10.0. The summed E-state index contributed by atoms with van der Waals surface area (Å²) in [5, 5.41) is 5.38. The standard InChI is InChI=1S/C26H23ClN4O2S.C2H5Cl.C2H6/c27-24-9-6-20(16-22(24)25-23-17-28-12-10-18(23)11-13-29-25)30-26(32)19-4-7-21(8-5-19)31-14-2-1-3-15-34(31)33;1-2-3;1-2/h4-13,16-17H,1-3,14-15H2,(H,30,32);2H2,1H3;1-2H3. The Bertz CT molecular complexity index is 1390. The Labute approximate surface area is 243 Å². The molecule has 0 spiro atoms. The molecule has 1 N–H and O–H groups in total. The van der Waals surface area contributed by atoms with Gasteiger partial charge in [-0.25, -0.2) is 4.21 Å². The maximum absolute atomic E-state index is 12.9. The van der Waals surface area contributed by atoms with Crippen molar-refractivity contribution < 1.29 is 9.00 Å². The fraction of sp³-hybridized carbons (Fsp3) is 0.300. The number of fused-ring (bicyclic) bond motifs is 1. The van der Waals surface area contributed by atoms with Gasteiger partial charge in [-0.05, 0) is 72.8 Å². The lowest BCUT2D eigenvalue weighted by Gasteiger charge is -2.21. The monoisotopic (exact) mass is 584 g/mol. The molecule has 206 valence electrons. The predicted octanol–water partition coefficient (Wildman–Crippen LogP) is 8.13. The molecule has 6 nitrogen and oxygen atoms in total. The number of amides is 1. The molecule has 1 fully saturated rings. The minimum absolute atomic E-state index is 0.232. The van der Waals surface area contributed by atoms with Crippen molar-refractivity contribution in [2.24, 2.45) is 0 Å². The second-order valence-corrected chi connectivity index (χ2v) is 10.8. The van der Waals surface area contributed by atoms with Crippen LogP contribution in [-0.4, -0.2) is 38.3 Å². The molecule has 39 heavy (non-hydrogen) atoms. The van der Waals surface area contributed by atoms with Gasteiger partial charge < -0.3 is 5.32 Å². The van der Waals surface area contributed by atoms with Gasteiger partial charge in [0.05, 0.1) is 10.7 Å². The Morgan fingerprint density at radius 1 is 1.03 bits per heavy atom. The molecule has 0 saturated carbocycles. The third-order valence-corrected chi connectivity index (χ3v) is 7.74. The fourth-order valence-electron chi connectivity index (χ4n) is 4.11. The van der Waals surface area contributed by atoms with Gasteiger partial charge in [-0.1, -0.05) is 38.8 Å². The zero-order valence-electron chi connectivity index (χ0n) is 22.5. The highest BCUT2D eigenvalue weighted by Gasteiger charge is 2.18. The number of hydrogen-bond donors (Lipinski definition) is 1. The van der Waals surface area contributed by atoms with Crippen LogP contribution in [0.25, 0.3) is 22.0 Å². The van der Waals surface area contributed by atoms with Gasteiger partial charge in [0.15, 0.2) is 0 Å². The normalized spacial score (nSPS) is 14.8. The number of hydrogen-bond acceptors (Lipinski definition) is 4. The maximum atomic E-state index is 12.9. The number of benzene rings is 2. The Morgan fingerprint density at radius 3 is 2.49 bits per heavy atom. The molecular weight excluding hydrogens is 551 g/mol. The number of alkyl halides is 1. The number of aromatic nitrogens is 2. The smallest absolute Gasteiger partial charge is 0.255 e. The molecule has 5 rings (SSSR count). The van der Waals surface area contributed by atoms with Crippen LogP contribution in [0.15, 0.2) is 73.2 Å². The van der Waals surface area contributed by atoms with E-state index in [0.29, 0.717) is 27.7 Å². The molecular formula is C30H34Cl2N4O2S. The highest BCUT2D eigenvalue weighted by Crippen LogP contribution is 2.33. The first kappa shape index (κ1) is 30.5. The second kappa shape index (κ2) is 15.6. The third kappa shape index (κ3) is 8.01. The van der Waals surface area contributed by atoms with Crippen LogP contribution in [0.4, 0.5) is 11.4 Å². The lowest BCUT2D eigenvalue weighted by Crippen LogP contribution is -2.26. The summed E-state index contributed by atoms with van der Waals surface area (Å²) in [5.41, 5.74) is 3.44. The number of nitrogens with one attached hydrogen (secondary N) is 1. The molecule has 2 aromatic carbocycles. The van der Waals surface area contributed by atoms with Crippen LogP contribution in [0, 0.1) is 0 Å². The maximum Gasteiger partial charge on any atom is 0.255 e. The first-order chi connectivity index (χ1) is 19.0. The number of nitrogens with zero attached hydrogens (tertiary/aromatic N) is 3. The van der Waals surface area contributed by atoms with E-state index in [1.54, 1.807) is 42.9 Å².